The number of aliphatic hydroxyl groups is 1. The highest BCUT2D eigenvalue weighted by molar-refractivity contribution is 5.94. The van der Waals surface area contributed by atoms with E-state index in [2.05, 4.69) is 4.90 Å². The van der Waals surface area contributed by atoms with Crippen LogP contribution in [0.2, 0.25) is 0 Å². The summed E-state index contributed by atoms with van der Waals surface area (Å²) in [5, 5.41) is 9.93. The summed E-state index contributed by atoms with van der Waals surface area (Å²) in [6.45, 7) is 4.36. The van der Waals surface area contributed by atoms with E-state index in [1.807, 2.05) is 30.3 Å². The second-order valence-electron chi connectivity index (χ2n) is 6.47. The van der Waals surface area contributed by atoms with Crippen LogP contribution < -0.4 is 0 Å². The normalized spacial score (nSPS) is 19.3. The average Bonchev–Trinajstić information content (AvgIpc) is 2.65. The van der Waals surface area contributed by atoms with Gasteiger partial charge >= 0.3 is 0 Å². The van der Waals surface area contributed by atoms with Crippen molar-refractivity contribution in [3.63, 3.8) is 0 Å². The molecule has 1 aromatic rings. The number of β-amino-alcohol motifs (C(OH)–C–C–N with tert-alkyl or cyclic N) is 1. The predicted molar refractivity (Wildman–Crippen MR) is 98.3 cm³/mol. The van der Waals surface area contributed by atoms with Crippen molar-refractivity contribution in [3.8, 4) is 0 Å². The van der Waals surface area contributed by atoms with Crippen molar-refractivity contribution >= 4 is 5.91 Å². The molecule has 7 nitrogen and oxygen atoms in total. The highest BCUT2D eigenvalue weighted by Crippen LogP contribution is 2.11. The quantitative estimate of drug-likeness (QED) is 0.650. The van der Waals surface area contributed by atoms with Gasteiger partial charge in [0.15, 0.2) is 0 Å². The summed E-state index contributed by atoms with van der Waals surface area (Å²) < 4.78 is 16.0. The van der Waals surface area contributed by atoms with Crippen LogP contribution in [0.4, 0.5) is 0 Å². The first-order chi connectivity index (χ1) is 12.6. The molecule has 0 saturated carbocycles. The van der Waals surface area contributed by atoms with Crippen molar-refractivity contribution in [2.45, 2.75) is 12.2 Å². The smallest absolute Gasteiger partial charge is 0.254 e. The minimum Gasteiger partial charge on any atom is -0.389 e. The lowest BCUT2D eigenvalue weighted by molar-refractivity contribution is -0.0573. The van der Waals surface area contributed by atoms with Gasteiger partial charge in [-0.05, 0) is 12.1 Å². The van der Waals surface area contributed by atoms with Crippen LogP contribution in [0, 0.1) is 0 Å². The van der Waals surface area contributed by atoms with E-state index in [1.165, 1.54) is 0 Å². The molecule has 1 aliphatic heterocycles. The molecule has 2 atom stereocenters. The van der Waals surface area contributed by atoms with E-state index in [1.54, 1.807) is 19.1 Å². The maximum absolute atomic E-state index is 12.8. The molecule has 0 spiro atoms. The standard InChI is InChI=1S/C19H30N2O5/c1-24-10-9-21(19(23)16-6-4-3-5-7-16)14-18-13-20(8-11-26-18)12-17(22)15-25-2/h3-7,17-18,22H,8-15H2,1-2H3/t17-,18-/m1/s1. The highest BCUT2D eigenvalue weighted by Gasteiger charge is 2.26. The number of carbonyl (C=O) groups excluding carboxylic acids is 1. The molecular weight excluding hydrogens is 336 g/mol. The number of amides is 1. The molecule has 7 heteroatoms. The van der Waals surface area contributed by atoms with Crippen LogP contribution in [0.1, 0.15) is 10.4 Å². The third kappa shape index (κ3) is 6.66. The van der Waals surface area contributed by atoms with E-state index < -0.39 is 6.10 Å². The van der Waals surface area contributed by atoms with Gasteiger partial charge in [-0.3, -0.25) is 9.69 Å². The van der Waals surface area contributed by atoms with Crippen molar-refractivity contribution in [2.24, 2.45) is 0 Å². The molecule has 1 amide bonds. The Morgan fingerprint density at radius 3 is 2.81 bits per heavy atom. The zero-order chi connectivity index (χ0) is 18.8. The van der Waals surface area contributed by atoms with E-state index in [-0.39, 0.29) is 12.0 Å². The second kappa shape index (κ2) is 11.3. The van der Waals surface area contributed by atoms with Crippen LogP contribution in [0.25, 0.3) is 0 Å². The molecule has 146 valence electrons. The summed E-state index contributed by atoms with van der Waals surface area (Å²) in [5.74, 6) is -0.0252. The maximum Gasteiger partial charge on any atom is 0.254 e. The molecule has 0 bridgehead atoms. The SMILES string of the molecule is COCCN(C[C@H]1CN(C[C@@H](O)COC)CCO1)C(=O)c1ccccc1. The summed E-state index contributed by atoms with van der Waals surface area (Å²) in [5.41, 5.74) is 0.659. The lowest BCUT2D eigenvalue weighted by Crippen LogP contribution is -2.51. The van der Waals surface area contributed by atoms with E-state index in [9.17, 15) is 9.90 Å². The molecule has 1 N–H and O–H groups in total. The van der Waals surface area contributed by atoms with Gasteiger partial charge < -0.3 is 24.2 Å². The zero-order valence-electron chi connectivity index (χ0n) is 15.7. The number of ether oxygens (including phenoxy) is 3. The van der Waals surface area contributed by atoms with Crippen LogP contribution in [0.5, 0.6) is 0 Å². The molecule has 1 aliphatic rings. The number of carbonyl (C=O) groups is 1. The number of hydrogen-bond donors (Lipinski definition) is 1. The number of nitrogens with zero attached hydrogens (tertiary/aromatic N) is 2. The van der Waals surface area contributed by atoms with Crippen molar-refractivity contribution in [1.82, 2.24) is 9.80 Å². The topological polar surface area (TPSA) is 71.5 Å². The molecule has 0 aliphatic carbocycles. The van der Waals surface area contributed by atoms with Crippen molar-refractivity contribution < 1.29 is 24.1 Å². The third-order valence-electron chi connectivity index (χ3n) is 4.35. The van der Waals surface area contributed by atoms with Crippen molar-refractivity contribution in [1.29, 1.82) is 0 Å². The Bertz CT molecular complexity index is 528. The van der Waals surface area contributed by atoms with Gasteiger partial charge in [0.1, 0.15) is 0 Å². The minimum atomic E-state index is -0.519. The fraction of sp³-hybridized carbons (Fsp3) is 0.632. The van der Waals surface area contributed by atoms with Gasteiger partial charge in [-0.25, -0.2) is 0 Å². The summed E-state index contributed by atoms with van der Waals surface area (Å²) in [6, 6.07) is 9.24. The highest BCUT2D eigenvalue weighted by atomic mass is 16.5. The van der Waals surface area contributed by atoms with Gasteiger partial charge in [0.05, 0.1) is 32.0 Å². The first-order valence-corrected chi connectivity index (χ1v) is 8.98. The fourth-order valence-electron chi connectivity index (χ4n) is 3.09. The molecular formula is C19H30N2O5. The Hall–Kier alpha value is -1.51. The molecule has 2 rings (SSSR count). The predicted octanol–water partition coefficient (Wildman–Crippen LogP) is 0.483. The van der Waals surface area contributed by atoms with E-state index in [0.29, 0.717) is 51.6 Å². The maximum atomic E-state index is 12.8. The number of rotatable bonds is 10. The van der Waals surface area contributed by atoms with Gasteiger partial charge in [0, 0.05) is 52.5 Å². The van der Waals surface area contributed by atoms with Gasteiger partial charge in [-0.1, -0.05) is 18.2 Å². The van der Waals surface area contributed by atoms with Crippen LogP contribution in [-0.4, -0.2) is 99.8 Å². The Morgan fingerprint density at radius 1 is 1.35 bits per heavy atom. The Morgan fingerprint density at radius 2 is 2.12 bits per heavy atom. The van der Waals surface area contributed by atoms with Gasteiger partial charge in [-0.15, -0.1) is 0 Å². The average molecular weight is 366 g/mol. The summed E-state index contributed by atoms with van der Waals surface area (Å²) in [6.07, 6.45) is -0.614. The molecule has 1 fully saturated rings. The van der Waals surface area contributed by atoms with Crippen LogP contribution >= 0.6 is 0 Å². The van der Waals surface area contributed by atoms with Gasteiger partial charge in [-0.2, -0.15) is 0 Å². The number of morpholine rings is 1. The first kappa shape index (κ1) is 20.8. The lowest BCUT2D eigenvalue weighted by Gasteiger charge is -2.36. The fourth-order valence-corrected chi connectivity index (χ4v) is 3.09. The number of benzene rings is 1. The van der Waals surface area contributed by atoms with Crippen molar-refractivity contribution in [3.05, 3.63) is 35.9 Å². The van der Waals surface area contributed by atoms with Crippen LogP contribution in [0.15, 0.2) is 30.3 Å². The minimum absolute atomic E-state index is 0.0252. The van der Waals surface area contributed by atoms with Crippen molar-refractivity contribution in [2.75, 3.05) is 66.8 Å². The summed E-state index contributed by atoms with van der Waals surface area (Å²) in [7, 11) is 3.20. The molecule has 0 aromatic heterocycles. The Kier molecular flexibility index (Phi) is 9.00. The van der Waals surface area contributed by atoms with Crippen LogP contribution in [0.3, 0.4) is 0 Å². The summed E-state index contributed by atoms with van der Waals surface area (Å²) >= 11 is 0. The monoisotopic (exact) mass is 366 g/mol. The molecule has 26 heavy (non-hydrogen) atoms. The Balaban J connectivity index is 1.95. The van der Waals surface area contributed by atoms with Gasteiger partial charge in [0.2, 0.25) is 0 Å². The molecule has 1 saturated heterocycles. The molecule has 1 heterocycles. The number of hydrogen-bond acceptors (Lipinski definition) is 6. The Labute approximate surface area is 155 Å². The lowest BCUT2D eigenvalue weighted by atomic mass is 10.1. The second-order valence-corrected chi connectivity index (χ2v) is 6.47. The van der Waals surface area contributed by atoms with Crippen LogP contribution in [-0.2, 0) is 14.2 Å². The van der Waals surface area contributed by atoms with E-state index in [4.69, 9.17) is 14.2 Å². The summed E-state index contributed by atoms with van der Waals surface area (Å²) in [4.78, 5) is 16.7. The first-order valence-electron chi connectivity index (χ1n) is 8.98. The third-order valence-corrected chi connectivity index (χ3v) is 4.35. The molecule has 1 aromatic carbocycles. The van der Waals surface area contributed by atoms with E-state index in [0.717, 1.165) is 6.54 Å². The zero-order valence-corrected chi connectivity index (χ0v) is 15.7. The van der Waals surface area contributed by atoms with E-state index >= 15 is 0 Å². The number of methoxy groups -OCH3 is 2. The largest absolute Gasteiger partial charge is 0.389 e. The van der Waals surface area contributed by atoms with Gasteiger partial charge in [0.25, 0.3) is 5.91 Å². The molecule has 0 unspecified atom stereocenters. The molecule has 0 radical (unpaired) electrons. The number of aliphatic hydroxyl groups excluding tert-OH is 1.